The number of aromatic nitrogens is 1. The van der Waals surface area contributed by atoms with Crippen LogP contribution in [-0.2, 0) is 6.42 Å². The van der Waals surface area contributed by atoms with Crippen molar-refractivity contribution in [3.8, 4) is 0 Å². The molecule has 0 atom stereocenters. The van der Waals surface area contributed by atoms with E-state index in [1.54, 1.807) is 6.20 Å². The van der Waals surface area contributed by atoms with Gasteiger partial charge in [-0.15, -0.1) is 0 Å². The van der Waals surface area contributed by atoms with E-state index in [0.717, 1.165) is 24.2 Å². The molecule has 2 heteroatoms. The summed E-state index contributed by atoms with van der Waals surface area (Å²) in [7, 11) is 0. The molecule has 0 aromatic carbocycles. The van der Waals surface area contributed by atoms with Crippen molar-refractivity contribution in [2.45, 2.75) is 19.8 Å². The molecule has 0 aliphatic rings. The van der Waals surface area contributed by atoms with Crippen LogP contribution in [0.25, 0.3) is 0 Å². The van der Waals surface area contributed by atoms with Crippen LogP contribution in [-0.4, -0.2) is 4.98 Å². The number of rotatable bonds is 2. The fourth-order valence-corrected chi connectivity index (χ4v) is 0.840. The van der Waals surface area contributed by atoms with Gasteiger partial charge >= 0.3 is 0 Å². The molecule has 0 amide bonds. The molecule has 54 valence electrons. The first-order valence-electron chi connectivity index (χ1n) is 3.53. The Bertz CT molecular complexity index is 191. The van der Waals surface area contributed by atoms with Crippen LogP contribution in [0.3, 0.4) is 0 Å². The van der Waals surface area contributed by atoms with E-state index >= 15 is 0 Å². The summed E-state index contributed by atoms with van der Waals surface area (Å²) in [6, 6.07) is 3.86. The third-order valence-electron chi connectivity index (χ3n) is 1.35. The lowest BCUT2D eigenvalue weighted by molar-refractivity contribution is 0.883. The highest BCUT2D eigenvalue weighted by atomic mass is 14.7. The fourth-order valence-electron chi connectivity index (χ4n) is 0.840. The lowest BCUT2D eigenvalue weighted by Gasteiger charge is -1.96. The Balaban J connectivity index is 2.69. The average Bonchev–Trinajstić information content (AvgIpc) is 1.95. The zero-order chi connectivity index (χ0) is 7.40. The molecule has 1 aromatic rings. The van der Waals surface area contributed by atoms with E-state index in [1.807, 2.05) is 12.1 Å². The van der Waals surface area contributed by atoms with Crippen molar-refractivity contribution < 1.29 is 0 Å². The fraction of sp³-hybridized carbons (Fsp3) is 0.375. The molecular weight excluding hydrogens is 124 g/mol. The third-order valence-corrected chi connectivity index (χ3v) is 1.35. The Morgan fingerprint density at radius 3 is 2.80 bits per heavy atom. The first-order chi connectivity index (χ1) is 4.83. The lowest BCUT2D eigenvalue weighted by atomic mass is 10.2. The molecule has 1 heterocycles. The molecule has 2 nitrogen and oxygen atoms in total. The van der Waals surface area contributed by atoms with E-state index in [4.69, 9.17) is 5.73 Å². The monoisotopic (exact) mass is 136 g/mol. The molecule has 0 fully saturated rings. The summed E-state index contributed by atoms with van der Waals surface area (Å²) in [5.74, 6) is 0. The van der Waals surface area contributed by atoms with Crippen LogP contribution in [0.2, 0.25) is 0 Å². The second-order valence-corrected chi connectivity index (χ2v) is 2.33. The van der Waals surface area contributed by atoms with Gasteiger partial charge in [-0.05, 0) is 18.6 Å². The Morgan fingerprint density at radius 1 is 1.50 bits per heavy atom. The quantitative estimate of drug-likeness (QED) is 0.671. The van der Waals surface area contributed by atoms with Crippen molar-refractivity contribution in [3.05, 3.63) is 24.0 Å². The number of nitrogens with two attached hydrogens (primary N) is 1. The highest BCUT2D eigenvalue weighted by Gasteiger charge is 1.89. The first-order valence-corrected chi connectivity index (χ1v) is 3.53. The largest absolute Gasteiger partial charge is 0.397 e. The predicted octanol–water partition coefficient (Wildman–Crippen LogP) is 1.62. The maximum Gasteiger partial charge on any atom is 0.0501 e. The first kappa shape index (κ1) is 7.06. The minimum absolute atomic E-state index is 0.736. The van der Waals surface area contributed by atoms with Crippen molar-refractivity contribution in [1.82, 2.24) is 4.98 Å². The van der Waals surface area contributed by atoms with E-state index in [2.05, 4.69) is 11.9 Å². The Morgan fingerprint density at radius 2 is 2.30 bits per heavy atom. The van der Waals surface area contributed by atoms with Crippen LogP contribution < -0.4 is 5.73 Å². The molecule has 0 saturated carbocycles. The Labute approximate surface area is 61.1 Å². The summed E-state index contributed by atoms with van der Waals surface area (Å²) in [5, 5.41) is 0. The van der Waals surface area contributed by atoms with Crippen LogP contribution >= 0.6 is 0 Å². The van der Waals surface area contributed by atoms with E-state index in [9.17, 15) is 0 Å². The number of hydrogen-bond donors (Lipinski definition) is 1. The molecule has 1 aromatic heterocycles. The normalized spacial score (nSPS) is 9.70. The van der Waals surface area contributed by atoms with Gasteiger partial charge in [0, 0.05) is 5.69 Å². The highest BCUT2D eigenvalue weighted by molar-refractivity contribution is 5.34. The van der Waals surface area contributed by atoms with Gasteiger partial charge in [0.2, 0.25) is 0 Å². The van der Waals surface area contributed by atoms with Crippen LogP contribution in [0, 0.1) is 0 Å². The minimum atomic E-state index is 0.736. The van der Waals surface area contributed by atoms with Crippen LogP contribution in [0.15, 0.2) is 18.3 Å². The molecule has 1 rings (SSSR count). The second-order valence-electron chi connectivity index (χ2n) is 2.33. The summed E-state index contributed by atoms with van der Waals surface area (Å²) >= 11 is 0. The van der Waals surface area contributed by atoms with Crippen molar-refractivity contribution in [2.24, 2.45) is 0 Å². The van der Waals surface area contributed by atoms with Gasteiger partial charge in [0.1, 0.15) is 0 Å². The van der Waals surface area contributed by atoms with Gasteiger partial charge in [-0.3, -0.25) is 4.98 Å². The summed E-state index contributed by atoms with van der Waals surface area (Å²) in [4.78, 5) is 4.14. The van der Waals surface area contributed by atoms with Gasteiger partial charge in [-0.2, -0.15) is 0 Å². The molecule has 0 radical (unpaired) electrons. The van der Waals surface area contributed by atoms with Crippen molar-refractivity contribution in [1.29, 1.82) is 0 Å². The molecule has 0 aliphatic heterocycles. The van der Waals surface area contributed by atoms with Crippen molar-refractivity contribution >= 4 is 5.69 Å². The number of hydrogen-bond acceptors (Lipinski definition) is 2. The van der Waals surface area contributed by atoms with Gasteiger partial charge in [-0.25, -0.2) is 0 Å². The zero-order valence-corrected chi connectivity index (χ0v) is 6.17. The number of nitrogen functional groups attached to an aromatic ring is 1. The topological polar surface area (TPSA) is 38.9 Å². The molecule has 0 saturated heterocycles. The van der Waals surface area contributed by atoms with E-state index < -0.39 is 0 Å². The minimum Gasteiger partial charge on any atom is -0.397 e. The SMILES string of the molecule is CCCc1ccc(N)cn1. The number of pyridine rings is 1. The lowest BCUT2D eigenvalue weighted by Crippen LogP contribution is -1.90. The molecule has 0 bridgehead atoms. The average molecular weight is 136 g/mol. The van der Waals surface area contributed by atoms with Gasteiger partial charge in [0.05, 0.1) is 11.9 Å². The number of aryl methyl sites for hydroxylation is 1. The van der Waals surface area contributed by atoms with Gasteiger partial charge in [-0.1, -0.05) is 13.3 Å². The smallest absolute Gasteiger partial charge is 0.0501 e. The van der Waals surface area contributed by atoms with E-state index in [-0.39, 0.29) is 0 Å². The number of nitrogens with zero attached hydrogens (tertiary/aromatic N) is 1. The molecular formula is C8H12N2. The number of anilines is 1. The zero-order valence-electron chi connectivity index (χ0n) is 6.17. The molecule has 0 spiro atoms. The van der Waals surface area contributed by atoms with Crippen LogP contribution in [0.4, 0.5) is 5.69 Å². The van der Waals surface area contributed by atoms with Gasteiger partial charge in [0.25, 0.3) is 0 Å². The molecule has 2 N–H and O–H groups in total. The van der Waals surface area contributed by atoms with Gasteiger partial charge < -0.3 is 5.73 Å². The maximum absolute atomic E-state index is 5.46. The molecule has 0 aliphatic carbocycles. The van der Waals surface area contributed by atoms with Gasteiger partial charge in [0.15, 0.2) is 0 Å². The van der Waals surface area contributed by atoms with Crippen molar-refractivity contribution in [3.63, 3.8) is 0 Å². The maximum atomic E-state index is 5.46. The summed E-state index contributed by atoms with van der Waals surface area (Å²) < 4.78 is 0. The second kappa shape index (κ2) is 3.20. The van der Waals surface area contributed by atoms with E-state index in [1.165, 1.54) is 0 Å². The van der Waals surface area contributed by atoms with Crippen molar-refractivity contribution in [2.75, 3.05) is 5.73 Å². The van der Waals surface area contributed by atoms with Crippen LogP contribution in [0.5, 0.6) is 0 Å². The summed E-state index contributed by atoms with van der Waals surface area (Å²) in [5.41, 5.74) is 7.32. The highest BCUT2D eigenvalue weighted by Crippen LogP contribution is 2.02. The Hall–Kier alpha value is -1.05. The van der Waals surface area contributed by atoms with E-state index in [0.29, 0.717) is 0 Å². The summed E-state index contributed by atoms with van der Waals surface area (Å²) in [6.45, 7) is 2.14. The standard InChI is InChI=1S/C8H12N2/c1-2-3-8-5-4-7(9)6-10-8/h4-6H,2-3,9H2,1H3. The third kappa shape index (κ3) is 1.72. The molecule has 0 unspecified atom stereocenters. The summed E-state index contributed by atoms with van der Waals surface area (Å²) in [6.07, 6.45) is 3.88. The Kier molecular flexibility index (Phi) is 2.26. The van der Waals surface area contributed by atoms with Crippen LogP contribution in [0.1, 0.15) is 19.0 Å². The molecule has 10 heavy (non-hydrogen) atoms. The predicted molar refractivity (Wildman–Crippen MR) is 42.6 cm³/mol.